The first-order valence-electron chi connectivity index (χ1n) is 10.6. The van der Waals surface area contributed by atoms with Gasteiger partial charge in [-0.1, -0.05) is 85.4 Å². The van der Waals surface area contributed by atoms with E-state index >= 15 is 0 Å². The molecule has 146 valence electrons. The highest BCUT2D eigenvalue weighted by atomic mass is 28.4. The SMILES string of the molecule is CC(CCCO[Si](C)(C)C)(C1=CC=C2C=CC=CC21)C1C=Cc2ccccc21. The van der Waals surface area contributed by atoms with E-state index in [-0.39, 0.29) is 5.41 Å². The predicted octanol–water partition coefficient (Wildman–Crippen LogP) is 7.04. The number of benzene rings is 1. The number of hydrogen-bond donors (Lipinski definition) is 0. The summed E-state index contributed by atoms with van der Waals surface area (Å²) >= 11 is 0. The van der Waals surface area contributed by atoms with Crippen LogP contribution < -0.4 is 0 Å². The zero-order valence-corrected chi connectivity index (χ0v) is 18.6. The Balaban J connectivity index is 1.62. The fourth-order valence-electron chi connectivity index (χ4n) is 4.94. The molecule has 2 heteroatoms. The lowest BCUT2D eigenvalue weighted by atomic mass is 9.63. The Morgan fingerprint density at radius 3 is 2.64 bits per heavy atom. The van der Waals surface area contributed by atoms with Gasteiger partial charge in [0.1, 0.15) is 0 Å². The van der Waals surface area contributed by atoms with Crippen molar-refractivity contribution in [2.75, 3.05) is 6.61 Å². The van der Waals surface area contributed by atoms with Crippen LogP contribution in [-0.4, -0.2) is 14.9 Å². The lowest BCUT2D eigenvalue weighted by Crippen LogP contribution is -2.31. The molecule has 0 saturated heterocycles. The summed E-state index contributed by atoms with van der Waals surface area (Å²) in [5.74, 6) is 0.850. The van der Waals surface area contributed by atoms with Gasteiger partial charge in [-0.2, -0.15) is 0 Å². The van der Waals surface area contributed by atoms with E-state index in [1.54, 1.807) is 5.57 Å². The second-order valence-corrected chi connectivity index (χ2v) is 14.0. The van der Waals surface area contributed by atoms with Crippen LogP contribution >= 0.6 is 0 Å². The Labute approximate surface area is 171 Å². The molecule has 0 heterocycles. The van der Waals surface area contributed by atoms with Crippen molar-refractivity contribution in [3.05, 3.63) is 89.1 Å². The fourth-order valence-corrected chi connectivity index (χ4v) is 5.69. The van der Waals surface area contributed by atoms with Crippen molar-refractivity contribution in [2.45, 2.75) is 45.3 Å². The van der Waals surface area contributed by atoms with Crippen LogP contribution in [0.15, 0.2) is 77.9 Å². The first-order chi connectivity index (χ1) is 13.4. The maximum atomic E-state index is 6.19. The van der Waals surface area contributed by atoms with Crippen molar-refractivity contribution in [3.63, 3.8) is 0 Å². The molecule has 0 N–H and O–H groups in total. The molecule has 28 heavy (non-hydrogen) atoms. The Kier molecular flexibility index (Phi) is 5.20. The van der Waals surface area contributed by atoms with Gasteiger partial charge in [0, 0.05) is 23.9 Å². The highest BCUT2D eigenvalue weighted by molar-refractivity contribution is 6.69. The lowest BCUT2D eigenvalue weighted by molar-refractivity contribution is 0.245. The van der Waals surface area contributed by atoms with Crippen LogP contribution in [0.4, 0.5) is 0 Å². The minimum absolute atomic E-state index is 0.0876. The molecule has 1 aromatic rings. The molecule has 0 saturated carbocycles. The second-order valence-electron chi connectivity index (χ2n) is 9.46. The standard InChI is InChI=1S/C26H32OSi/c1-26(18-9-19-27-28(2,3)4,24-16-14-20-10-5-7-12-22(20)24)25-17-15-21-11-6-8-13-23(21)25/h5-8,10-17,22,25H,9,18-19H2,1-4H3. The topological polar surface area (TPSA) is 9.23 Å². The van der Waals surface area contributed by atoms with Crippen molar-refractivity contribution < 1.29 is 4.43 Å². The molecule has 3 atom stereocenters. The number of rotatable bonds is 7. The first-order valence-corrected chi connectivity index (χ1v) is 14.0. The molecule has 4 rings (SSSR count). The van der Waals surface area contributed by atoms with Crippen molar-refractivity contribution in [2.24, 2.45) is 11.3 Å². The molecule has 3 aliphatic rings. The van der Waals surface area contributed by atoms with Gasteiger partial charge >= 0.3 is 0 Å². The quantitative estimate of drug-likeness (QED) is 0.359. The fraction of sp³-hybridized carbons (Fsp3) is 0.385. The lowest BCUT2D eigenvalue weighted by Gasteiger charge is -2.40. The van der Waals surface area contributed by atoms with Gasteiger partial charge in [0.2, 0.25) is 0 Å². The molecule has 0 fully saturated rings. The molecule has 0 amide bonds. The van der Waals surface area contributed by atoms with Gasteiger partial charge in [-0.3, -0.25) is 0 Å². The van der Waals surface area contributed by atoms with Gasteiger partial charge < -0.3 is 4.43 Å². The summed E-state index contributed by atoms with van der Waals surface area (Å²) in [5, 5.41) is 0. The number of fused-ring (bicyclic) bond motifs is 2. The van der Waals surface area contributed by atoms with Crippen molar-refractivity contribution in [1.82, 2.24) is 0 Å². The molecule has 0 aliphatic heterocycles. The molecule has 0 radical (unpaired) electrons. The maximum Gasteiger partial charge on any atom is 0.183 e. The minimum atomic E-state index is -1.46. The van der Waals surface area contributed by atoms with Crippen LogP contribution in [0.25, 0.3) is 6.08 Å². The Hall–Kier alpha value is -1.90. The highest BCUT2D eigenvalue weighted by Gasteiger charge is 2.43. The molecule has 0 aromatic heterocycles. The van der Waals surface area contributed by atoms with E-state index < -0.39 is 8.32 Å². The van der Waals surface area contributed by atoms with Gasteiger partial charge in [-0.05, 0) is 49.2 Å². The van der Waals surface area contributed by atoms with E-state index in [1.165, 1.54) is 16.7 Å². The van der Waals surface area contributed by atoms with Crippen LogP contribution in [0.3, 0.4) is 0 Å². The molecular formula is C26H32OSi. The maximum absolute atomic E-state index is 6.19. The third-order valence-corrected chi connectivity index (χ3v) is 7.44. The summed E-state index contributed by atoms with van der Waals surface area (Å²) in [4.78, 5) is 0. The van der Waals surface area contributed by atoms with Gasteiger partial charge in [0.25, 0.3) is 0 Å². The van der Waals surface area contributed by atoms with Crippen molar-refractivity contribution in [3.8, 4) is 0 Å². The largest absolute Gasteiger partial charge is 0.418 e. The highest BCUT2D eigenvalue weighted by Crippen LogP contribution is 2.54. The van der Waals surface area contributed by atoms with Crippen LogP contribution in [0.5, 0.6) is 0 Å². The number of allylic oxidation sites excluding steroid dienone is 9. The van der Waals surface area contributed by atoms with E-state index in [0.717, 1.165) is 19.4 Å². The molecule has 0 spiro atoms. The van der Waals surface area contributed by atoms with Crippen LogP contribution in [0.2, 0.25) is 19.6 Å². The summed E-state index contributed by atoms with van der Waals surface area (Å²) in [6.07, 6.45) is 20.7. The third kappa shape index (κ3) is 3.68. The summed E-state index contributed by atoms with van der Waals surface area (Å²) in [6, 6.07) is 8.89. The van der Waals surface area contributed by atoms with Crippen LogP contribution in [-0.2, 0) is 4.43 Å². The smallest absolute Gasteiger partial charge is 0.183 e. The zero-order valence-electron chi connectivity index (χ0n) is 17.6. The van der Waals surface area contributed by atoms with E-state index in [0.29, 0.717) is 11.8 Å². The summed E-state index contributed by atoms with van der Waals surface area (Å²) in [6.45, 7) is 10.2. The van der Waals surface area contributed by atoms with E-state index in [9.17, 15) is 0 Å². The predicted molar refractivity (Wildman–Crippen MR) is 123 cm³/mol. The molecule has 0 bridgehead atoms. The van der Waals surface area contributed by atoms with Gasteiger partial charge in [-0.15, -0.1) is 0 Å². The van der Waals surface area contributed by atoms with E-state index in [2.05, 4.69) is 99.4 Å². The van der Waals surface area contributed by atoms with E-state index in [4.69, 9.17) is 4.43 Å². The summed E-state index contributed by atoms with van der Waals surface area (Å²) < 4.78 is 6.19. The minimum Gasteiger partial charge on any atom is -0.418 e. The molecule has 1 nitrogen and oxygen atoms in total. The average Bonchev–Trinajstić information content (AvgIpc) is 3.29. The number of hydrogen-bond acceptors (Lipinski definition) is 1. The van der Waals surface area contributed by atoms with Crippen LogP contribution in [0.1, 0.15) is 36.8 Å². The third-order valence-electron chi connectivity index (χ3n) is 6.37. The van der Waals surface area contributed by atoms with Gasteiger partial charge in [0.15, 0.2) is 8.32 Å². The Morgan fingerprint density at radius 1 is 1.00 bits per heavy atom. The van der Waals surface area contributed by atoms with Gasteiger partial charge in [-0.25, -0.2) is 0 Å². The van der Waals surface area contributed by atoms with Gasteiger partial charge in [0.05, 0.1) is 0 Å². The first kappa shape index (κ1) is 19.4. The van der Waals surface area contributed by atoms with Crippen LogP contribution in [0, 0.1) is 11.3 Å². The molecule has 3 unspecified atom stereocenters. The Bertz CT molecular complexity index is 893. The molecule has 3 aliphatic carbocycles. The zero-order chi connectivity index (χ0) is 19.8. The molecular weight excluding hydrogens is 356 g/mol. The van der Waals surface area contributed by atoms with Crippen molar-refractivity contribution >= 4 is 14.4 Å². The summed E-state index contributed by atoms with van der Waals surface area (Å²) in [7, 11) is -1.46. The monoisotopic (exact) mass is 388 g/mol. The Morgan fingerprint density at radius 2 is 1.82 bits per heavy atom. The van der Waals surface area contributed by atoms with Crippen molar-refractivity contribution in [1.29, 1.82) is 0 Å². The van der Waals surface area contributed by atoms with E-state index in [1.807, 2.05) is 0 Å². The second kappa shape index (κ2) is 7.49. The molecule has 1 aromatic carbocycles. The summed E-state index contributed by atoms with van der Waals surface area (Å²) in [5.41, 5.74) is 5.92. The normalized spacial score (nSPS) is 24.6. The average molecular weight is 389 g/mol.